The number of nitrogens with zero attached hydrogens (tertiary/aromatic N) is 6. The molecule has 4 aromatic rings. The van der Waals surface area contributed by atoms with Gasteiger partial charge >= 0.3 is 0 Å². The molecule has 0 unspecified atom stereocenters. The van der Waals surface area contributed by atoms with Crippen molar-refractivity contribution in [1.29, 1.82) is 0 Å². The van der Waals surface area contributed by atoms with Gasteiger partial charge in [0.05, 0.1) is 11.6 Å². The molecule has 0 amide bonds. The van der Waals surface area contributed by atoms with Gasteiger partial charge in [-0.3, -0.25) is 9.69 Å². The third-order valence-corrected chi connectivity index (χ3v) is 8.36. The minimum absolute atomic E-state index is 0.0603. The number of hydrogen-bond acceptors (Lipinski definition) is 6. The Morgan fingerprint density at radius 2 is 1.70 bits per heavy atom. The van der Waals surface area contributed by atoms with E-state index in [2.05, 4.69) is 92.7 Å². The molecule has 1 N–H and O–H groups in total. The monoisotopic (exact) mass is 497 g/mol. The van der Waals surface area contributed by atoms with E-state index in [1.807, 2.05) is 4.68 Å². The van der Waals surface area contributed by atoms with Crippen molar-refractivity contribution in [2.45, 2.75) is 58.0 Å². The van der Waals surface area contributed by atoms with E-state index in [0.29, 0.717) is 0 Å². The van der Waals surface area contributed by atoms with E-state index >= 15 is 0 Å². The molecule has 2 aromatic heterocycles. The van der Waals surface area contributed by atoms with Gasteiger partial charge in [-0.05, 0) is 71.8 Å². The summed E-state index contributed by atoms with van der Waals surface area (Å²) in [5, 5.41) is 14.2. The molecule has 1 aliphatic heterocycles. The van der Waals surface area contributed by atoms with Gasteiger partial charge in [0.1, 0.15) is 6.04 Å². The summed E-state index contributed by atoms with van der Waals surface area (Å²) >= 11 is 0. The number of fused-ring (bicyclic) bond motifs is 1. The Bertz CT molecular complexity index is 1430. The molecule has 1 saturated heterocycles. The lowest BCUT2D eigenvalue weighted by Gasteiger charge is -2.40. The van der Waals surface area contributed by atoms with E-state index in [1.165, 1.54) is 30.5 Å². The average molecular weight is 498 g/mol. The molecule has 2 aliphatic rings. The van der Waals surface area contributed by atoms with Crippen LogP contribution in [0.2, 0.25) is 0 Å². The van der Waals surface area contributed by atoms with Crippen molar-refractivity contribution in [2.75, 3.05) is 31.1 Å². The standard InChI is InChI=1S/C29H35N7O/c1-20-13-14-22-19-25(29(37)30-26(22)21(20)2)27(28-31-32-33-36(28)24-11-7-4-8-12-24)35-17-15-34(16-18-35)23-9-5-3-6-10-23/h3,5-6,9-10,13-14,19,24,27H,4,7-8,11-12,15-18H2,1-2H3,(H,30,37)/t27-/m1/s1. The van der Waals surface area contributed by atoms with Crippen LogP contribution in [-0.2, 0) is 0 Å². The quantitative estimate of drug-likeness (QED) is 0.436. The largest absolute Gasteiger partial charge is 0.369 e. The van der Waals surface area contributed by atoms with Crippen LogP contribution in [0.1, 0.15) is 66.7 Å². The van der Waals surface area contributed by atoms with Crippen LogP contribution in [0.25, 0.3) is 10.9 Å². The predicted octanol–water partition coefficient (Wildman–Crippen LogP) is 4.55. The number of hydrogen-bond donors (Lipinski definition) is 1. The van der Waals surface area contributed by atoms with Crippen molar-refractivity contribution >= 4 is 16.6 Å². The van der Waals surface area contributed by atoms with Crippen molar-refractivity contribution in [3.8, 4) is 0 Å². The SMILES string of the molecule is Cc1ccc2cc([C@H](c3nnnn3C3CCCCC3)N3CCN(c4ccccc4)CC3)c(=O)[nH]c2c1C. The third kappa shape index (κ3) is 4.55. The highest BCUT2D eigenvalue weighted by Gasteiger charge is 2.34. The Balaban J connectivity index is 1.41. The fourth-order valence-electron chi connectivity index (χ4n) is 6.09. The summed E-state index contributed by atoms with van der Waals surface area (Å²) in [7, 11) is 0. The predicted molar refractivity (Wildman–Crippen MR) is 146 cm³/mol. The number of nitrogens with one attached hydrogen (secondary N) is 1. The maximum absolute atomic E-state index is 13.7. The zero-order valence-corrected chi connectivity index (χ0v) is 21.7. The smallest absolute Gasteiger partial charge is 0.253 e. The summed E-state index contributed by atoms with van der Waals surface area (Å²) < 4.78 is 2.03. The van der Waals surface area contributed by atoms with Crippen LogP contribution < -0.4 is 10.5 Å². The van der Waals surface area contributed by atoms with Crippen LogP contribution in [0.3, 0.4) is 0 Å². The minimum atomic E-state index is -0.301. The second kappa shape index (κ2) is 10.1. The molecule has 1 saturated carbocycles. The first-order valence-electron chi connectivity index (χ1n) is 13.5. The molecule has 2 aromatic carbocycles. The second-order valence-electron chi connectivity index (χ2n) is 10.6. The van der Waals surface area contributed by atoms with E-state index in [1.54, 1.807) is 0 Å². The number of para-hydroxylation sites is 1. The van der Waals surface area contributed by atoms with Crippen molar-refractivity contribution in [2.24, 2.45) is 0 Å². The topological polar surface area (TPSA) is 82.9 Å². The second-order valence-corrected chi connectivity index (χ2v) is 10.6. The Hall–Kier alpha value is -3.52. The molecule has 1 atom stereocenters. The highest BCUT2D eigenvalue weighted by molar-refractivity contribution is 5.83. The summed E-state index contributed by atoms with van der Waals surface area (Å²) in [5.74, 6) is 0.786. The Morgan fingerprint density at radius 1 is 0.946 bits per heavy atom. The van der Waals surface area contributed by atoms with Crippen molar-refractivity contribution < 1.29 is 0 Å². The molecule has 6 rings (SSSR count). The van der Waals surface area contributed by atoms with E-state index in [-0.39, 0.29) is 17.6 Å². The Labute approximate surface area is 217 Å². The van der Waals surface area contributed by atoms with Gasteiger partial charge in [-0.2, -0.15) is 0 Å². The van der Waals surface area contributed by atoms with Gasteiger partial charge < -0.3 is 9.88 Å². The summed E-state index contributed by atoms with van der Waals surface area (Å²) in [5.41, 5.74) is 5.09. The number of piperazine rings is 1. The van der Waals surface area contributed by atoms with E-state index in [9.17, 15) is 4.79 Å². The number of aromatic amines is 1. The van der Waals surface area contributed by atoms with Crippen LogP contribution in [0, 0.1) is 13.8 Å². The fraction of sp³-hybridized carbons (Fsp3) is 0.448. The molecule has 0 radical (unpaired) electrons. The van der Waals surface area contributed by atoms with E-state index in [0.717, 1.165) is 66.9 Å². The lowest BCUT2D eigenvalue weighted by Crippen LogP contribution is -2.49. The Morgan fingerprint density at radius 3 is 2.46 bits per heavy atom. The van der Waals surface area contributed by atoms with Gasteiger partial charge in [0.2, 0.25) is 0 Å². The zero-order valence-electron chi connectivity index (χ0n) is 21.7. The number of H-pyrrole nitrogens is 1. The molecule has 8 heteroatoms. The van der Waals surface area contributed by atoms with Crippen molar-refractivity contribution in [3.05, 3.63) is 81.4 Å². The van der Waals surface area contributed by atoms with Crippen LogP contribution in [0.4, 0.5) is 5.69 Å². The lowest BCUT2D eigenvalue weighted by atomic mass is 9.94. The first-order valence-corrected chi connectivity index (χ1v) is 13.5. The first kappa shape index (κ1) is 23.9. The number of aryl methyl sites for hydroxylation is 2. The van der Waals surface area contributed by atoms with Crippen molar-refractivity contribution in [1.82, 2.24) is 30.1 Å². The number of rotatable bonds is 5. The molecule has 1 aliphatic carbocycles. The Kier molecular flexibility index (Phi) is 6.50. The summed E-state index contributed by atoms with van der Waals surface area (Å²) in [4.78, 5) is 21.7. The molecule has 0 spiro atoms. The summed E-state index contributed by atoms with van der Waals surface area (Å²) in [6, 6.07) is 16.8. The molecular formula is C29H35N7O. The number of pyridine rings is 1. The van der Waals surface area contributed by atoms with Crippen LogP contribution >= 0.6 is 0 Å². The fourth-order valence-corrected chi connectivity index (χ4v) is 6.09. The number of tetrazole rings is 1. The minimum Gasteiger partial charge on any atom is -0.369 e. The van der Waals surface area contributed by atoms with Crippen LogP contribution in [0.5, 0.6) is 0 Å². The van der Waals surface area contributed by atoms with E-state index < -0.39 is 0 Å². The van der Waals surface area contributed by atoms with Gasteiger partial charge in [0.25, 0.3) is 5.56 Å². The molecule has 37 heavy (non-hydrogen) atoms. The maximum atomic E-state index is 13.7. The van der Waals surface area contributed by atoms with Gasteiger partial charge in [0.15, 0.2) is 5.82 Å². The average Bonchev–Trinajstić information content (AvgIpc) is 3.43. The molecule has 0 bridgehead atoms. The molecule has 2 fully saturated rings. The normalized spacial score (nSPS) is 18.4. The third-order valence-electron chi connectivity index (χ3n) is 8.36. The summed E-state index contributed by atoms with van der Waals surface area (Å²) in [6.07, 6.45) is 5.82. The molecule has 192 valence electrons. The highest BCUT2D eigenvalue weighted by Crippen LogP contribution is 2.34. The van der Waals surface area contributed by atoms with Gasteiger partial charge in [-0.15, -0.1) is 5.10 Å². The van der Waals surface area contributed by atoms with Gasteiger partial charge in [-0.1, -0.05) is 49.6 Å². The molecular weight excluding hydrogens is 462 g/mol. The number of anilines is 1. The zero-order chi connectivity index (χ0) is 25.4. The maximum Gasteiger partial charge on any atom is 0.253 e. The highest BCUT2D eigenvalue weighted by atomic mass is 16.1. The van der Waals surface area contributed by atoms with Gasteiger partial charge in [-0.25, -0.2) is 4.68 Å². The lowest BCUT2D eigenvalue weighted by molar-refractivity contribution is 0.192. The molecule has 8 nitrogen and oxygen atoms in total. The van der Waals surface area contributed by atoms with Crippen LogP contribution in [-0.4, -0.2) is 56.3 Å². The van der Waals surface area contributed by atoms with Gasteiger partial charge in [0, 0.05) is 37.4 Å². The molecule has 3 heterocycles. The number of benzene rings is 2. The summed E-state index contributed by atoms with van der Waals surface area (Å²) in [6.45, 7) is 7.55. The first-order chi connectivity index (χ1) is 18.1. The van der Waals surface area contributed by atoms with E-state index in [4.69, 9.17) is 0 Å². The van der Waals surface area contributed by atoms with Crippen molar-refractivity contribution in [3.63, 3.8) is 0 Å². The number of aromatic nitrogens is 5. The van der Waals surface area contributed by atoms with Crippen LogP contribution in [0.15, 0.2) is 53.3 Å².